The van der Waals surface area contributed by atoms with E-state index in [4.69, 9.17) is 15.2 Å². The molecule has 4 nitrogen and oxygen atoms in total. The van der Waals surface area contributed by atoms with Gasteiger partial charge in [0, 0.05) is 18.8 Å². The molecule has 1 rings (SSSR count). The number of hydrogen-bond acceptors (Lipinski definition) is 4. The number of rotatable bonds is 7. The van der Waals surface area contributed by atoms with Gasteiger partial charge < -0.3 is 15.2 Å². The van der Waals surface area contributed by atoms with Crippen molar-refractivity contribution in [3.63, 3.8) is 0 Å². The maximum atomic E-state index is 5.88. The van der Waals surface area contributed by atoms with Crippen LogP contribution in [0.1, 0.15) is 25.6 Å². The zero-order chi connectivity index (χ0) is 11.8. The number of ether oxygens (including phenoxy) is 2. The van der Waals surface area contributed by atoms with Gasteiger partial charge in [-0.25, -0.2) is 0 Å². The molecule has 0 aliphatic heterocycles. The highest BCUT2D eigenvalue weighted by Crippen LogP contribution is 2.17. The summed E-state index contributed by atoms with van der Waals surface area (Å²) in [6, 6.07) is 5.65. The van der Waals surface area contributed by atoms with Crippen LogP contribution in [0.4, 0.5) is 0 Å². The maximum Gasteiger partial charge on any atom is 0.114 e. The van der Waals surface area contributed by atoms with Gasteiger partial charge in [-0.2, -0.15) is 0 Å². The van der Waals surface area contributed by atoms with Crippen LogP contribution in [0.5, 0.6) is 0 Å². The summed E-state index contributed by atoms with van der Waals surface area (Å²) in [5.41, 5.74) is 6.75. The van der Waals surface area contributed by atoms with Gasteiger partial charge >= 0.3 is 0 Å². The first-order valence-corrected chi connectivity index (χ1v) is 5.61. The molecule has 90 valence electrons. The highest BCUT2D eigenvalue weighted by molar-refractivity contribution is 5.08. The van der Waals surface area contributed by atoms with Gasteiger partial charge in [0.2, 0.25) is 0 Å². The molecule has 2 unspecified atom stereocenters. The molecular weight excluding hydrogens is 204 g/mol. The van der Waals surface area contributed by atoms with Crippen LogP contribution < -0.4 is 5.73 Å². The van der Waals surface area contributed by atoms with E-state index >= 15 is 0 Å². The summed E-state index contributed by atoms with van der Waals surface area (Å²) in [5, 5.41) is 0. The lowest BCUT2D eigenvalue weighted by Gasteiger charge is -2.20. The summed E-state index contributed by atoms with van der Waals surface area (Å²) in [7, 11) is 0. The fourth-order valence-corrected chi connectivity index (χ4v) is 1.43. The Kier molecular flexibility index (Phi) is 6.00. The average Bonchev–Trinajstić information content (AvgIpc) is 2.30. The lowest BCUT2D eigenvalue weighted by Crippen LogP contribution is -2.28. The van der Waals surface area contributed by atoms with Crippen LogP contribution >= 0.6 is 0 Å². The van der Waals surface area contributed by atoms with E-state index < -0.39 is 0 Å². The van der Waals surface area contributed by atoms with Crippen LogP contribution in [0.3, 0.4) is 0 Å². The van der Waals surface area contributed by atoms with Gasteiger partial charge in [-0.05, 0) is 26.0 Å². The van der Waals surface area contributed by atoms with Gasteiger partial charge in [0.1, 0.15) is 6.10 Å². The molecule has 1 aromatic rings. The van der Waals surface area contributed by atoms with Crippen molar-refractivity contribution >= 4 is 0 Å². The third-order valence-electron chi connectivity index (χ3n) is 2.19. The second-order valence-electron chi connectivity index (χ2n) is 3.60. The van der Waals surface area contributed by atoms with Crippen molar-refractivity contribution in [2.24, 2.45) is 5.73 Å². The molecule has 0 aliphatic rings. The summed E-state index contributed by atoms with van der Waals surface area (Å²) in [6.07, 6.45) is 1.58. The first kappa shape index (κ1) is 13.1. The highest BCUT2D eigenvalue weighted by atomic mass is 16.5. The molecule has 2 atom stereocenters. The first-order chi connectivity index (χ1) is 7.75. The Morgan fingerprint density at radius 1 is 1.38 bits per heavy atom. The summed E-state index contributed by atoms with van der Waals surface area (Å²) >= 11 is 0. The van der Waals surface area contributed by atoms with Gasteiger partial charge in [-0.1, -0.05) is 6.07 Å². The minimum absolute atomic E-state index is 0.0865. The molecule has 2 N–H and O–H groups in total. The van der Waals surface area contributed by atoms with Gasteiger partial charge in [-0.15, -0.1) is 0 Å². The molecule has 4 heteroatoms. The molecular formula is C12H20N2O2. The van der Waals surface area contributed by atoms with E-state index in [0.29, 0.717) is 19.8 Å². The zero-order valence-electron chi connectivity index (χ0n) is 9.93. The number of hydrogen-bond donors (Lipinski definition) is 1. The average molecular weight is 224 g/mol. The normalized spacial score (nSPS) is 14.7. The van der Waals surface area contributed by atoms with Crippen molar-refractivity contribution in [2.75, 3.05) is 19.8 Å². The molecule has 0 radical (unpaired) electrons. The van der Waals surface area contributed by atoms with E-state index in [2.05, 4.69) is 4.98 Å². The second-order valence-corrected chi connectivity index (χ2v) is 3.60. The monoisotopic (exact) mass is 224 g/mol. The fourth-order valence-electron chi connectivity index (χ4n) is 1.43. The van der Waals surface area contributed by atoms with E-state index in [9.17, 15) is 0 Å². The fraction of sp³-hybridized carbons (Fsp3) is 0.583. The lowest BCUT2D eigenvalue weighted by molar-refractivity contribution is -0.00430. The van der Waals surface area contributed by atoms with E-state index in [0.717, 1.165) is 5.69 Å². The van der Waals surface area contributed by atoms with Crippen LogP contribution in [-0.2, 0) is 9.47 Å². The predicted octanol–water partition coefficient (Wildman–Crippen LogP) is 1.52. The van der Waals surface area contributed by atoms with Crippen molar-refractivity contribution in [3.8, 4) is 0 Å². The first-order valence-electron chi connectivity index (χ1n) is 5.61. The highest BCUT2D eigenvalue weighted by Gasteiger charge is 2.17. The largest absolute Gasteiger partial charge is 0.379 e. The minimum Gasteiger partial charge on any atom is -0.379 e. The van der Waals surface area contributed by atoms with Crippen molar-refractivity contribution in [1.82, 2.24) is 4.98 Å². The topological polar surface area (TPSA) is 57.4 Å². The van der Waals surface area contributed by atoms with E-state index in [1.165, 1.54) is 0 Å². The van der Waals surface area contributed by atoms with Crippen molar-refractivity contribution in [3.05, 3.63) is 30.1 Å². The third kappa shape index (κ3) is 4.26. The van der Waals surface area contributed by atoms with Crippen LogP contribution in [-0.4, -0.2) is 30.8 Å². The maximum absolute atomic E-state index is 5.88. The molecule has 1 heterocycles. The SMILES string of the molecule is CCOCCOC(c1ccccn1)C(C)N. The van der Waals surface area contributed by atoms with Crippen molar-refractivity contribution in [1.29, 1.82) is 0 Å². The van der Waals surface area contributed by atoms with Crippen LogP contribution in [0.25, 0.3) is 0 Å². The number of nitrogens with zero attached hydrogens (tertiary/aromatic N) is 1. The summed E-state index contributed by atoms with van der Waals surface area (Å²) in [5.74, 6) is 0. The van der Waals surface area contributed by atoms with E-state index in [-0.39, 0.29) is 12.1 Å². The Labute approximate surface area is 96.8 Å². The molecule has 1 aromatic heterocycles. The standard InChI is InChI=1S/C12H20N2O2/c1-3-15-8-9-16-12(10(2)13)11-6-4-5-7-14-11/h4-7,10,12H,3,8-9,13H2,1-2H3. The molecule has 0 amide bonds. The van der Waals surface area contributed by atoms with Crippen molar-refractivity contribution in [2.45, 2.75) is 26.0 Å². The predicted molar refractivity (Wildman–Crippen MR) is 63.1 cm³/mol. The lowest BCUT2D eigenvalue weighted by atomic mass is 10.1. The molecule has 0 aliphatic carbocycles. The van der Waals surface area contributed by atoms with Crippen LogP contribution in [0.2, 0.25) is 0 Å². The van der Waals surface area contributed by atoms with Crippen LogP contribution in [0.15, 0.2) is 24.4 Å². The van der Waals surface area contributed by atoms with E-state index in [1.54, 1.807) is 6.20 Å². The quantitative estimate of drug-likeness (QED) is 0.713. The number of aromatic nitrogens is 1. The Balaban J connectivity index is 2.49. The summed E-state index contributed by atoms with van der Waals surface area (Å²) in [4.78, 5) is 4.25. The second kappa shape index (κ2) is 7.33. The Morgan fingerprint density at radius 2 is 2.19 bits per heavy atom. The number of nitrogens with two attached hydrogens (primary N) is 1. The summed E-state index contributed by atoms with van der Waals surface area (Å²) in [6.45, 7) is 5.71. The Hall–Kier alpha value is -0.970. The molecule has 0 saturated heterocycles. The van der Waals surface area contributed by atoms with Gasteiger partial charge in [0.15, 0.2) is 0 Å². The molecule has 0 bridgehead atoms. The van der Waals surface area contributed by atoms with Crippen LogP contribution in [0, 0.1) is 0 Å². The molecule has 0 fully saturated rings. The molecule has 0 saturated carbocycles. The Bertz CT molecular complexity index is 278. The molecule has 0 spiro atoms. The van der Waals surface area contributed by atoms with E-state index in [1.807, 2.05) is 32.0 Å². The minimum atomic E-state index is -0.165. The number of pyridine rings is 1. The van der Waals surface area contributed by atoms with Gasteiger partial charge in [0.05, 0.1) is 18.9 Å². The molecule has 16 heavy (non-hydrogen) atoms. The third-order valence-corrected chi connectivity index (χ3v) is 2.19. The van der Waals surface area contributed by atoms with Crippen molar-refractivity contribution < 1.29 is 9.47 Å². The zero-order valence-corrected chi connectivity index (χ0v) is 9.93. The summed E-state index contributed by atoms with van der Waals surface area (Å²) < 4.78 is 10.9. The van der Waals surface area contributed by atoms with Gasteiger partial charge in [-0.3, -0.25) is 4.98 Å². The Morgan fingerprint density at radius 3 is 2.75 bits per heavy atom. The van der Waals surface area contributed by atoms with Gasteiger partial charge in [0.25, 0.3) is 0 Å². The smallest absolute Gasteiger partial charge is 0.114 e. The molecule has 0 aromatic carbocycles.